The number of carbonyl (C=O) groups excluding carboxylic acids is 1. The van der Waals surface area contributed by atoms with E-state index in [0.29, 0.717) is 5.02 Å². The van der Waals surface area contributed by atoms with Crippen LogP contribution >= 0.6 is 11.6 Å². The number of hydrogen-bond acceptors (Lipinski definition) is 2. The molecule has 5 nitrogen and oxygen atoms in total. The Hall–Kier alpha value is -1.75. The fraction of sp³-hybridized carbons (Fsp3) is 0.273. The summed E-state index contributed by atoms with van der Waals surface area (Å²) in [6.07, 6.45) is 0.758. The third kappa shape index (κ3) is 3.35. The minimum atomic E-state index is -0.450. The Kier molecular flexibility index (Phi) is 4.34. The molecule has 0 aliphatic rings. The van der Waals surface area contributed by atoms with Gasteiger partial charge < -0.3 is 5.73 Å². The monoisotopic (exact) mass is 254 g/mol. The highest BCUT2D eigenvalue weighted by Gasteiger charge is 2.14. The number of nitrogens with one attached hydrogen (secondary N) is 2. The normalized spacial score (nSPS) is 9.82. The number of halogens is 1. The van der Waals surface area contributed by atoms with Gasteiger partial charge in [-0.15, -0.1) is 0 Å². The van der Waals surface area contributed by atoms with Gasteiger partial charge in [0, 0.05) is 17.8 Å². The lowest BCUT2D eigenvalue weighted by molar-refractivity contribution is 0.251. The van der Waals surface area contributed by atoms with Crippen LogP contribution < -0.4 is 16.0 Å². The second-order valence-corrected chi connectivity index (χ2v) is 3.97. The minimum Gasteiger partial charge on any atom is -0.370 e. The van der Waals surface area contributed by atoms with E-state index < -0.39 is 6.03 Å². The molecule has 1 aromatic rings. The summed E-state index contributed by atoms with van der Waals surface area (Å²) >= 11 is 5.89. The number of carbonyl (C=O) groups is 1. The largest absolute Gasteiger partial charge is 0.370 e. The first-order chi connectivity index (χ1) is 7.95. The van der Waals surface area contributed by atoms with Gasteiger partial charge in [-0.3, -0.25) is 15.6 Å². The summed E-state index contributed by atoms with van der Waals surface area (Å²) in [6, 6.07) is 4.85. The first-order valence-electron chi connectivity index (χ1n) is 5.12. The molecule has 1 rings (SSSR count). The summed E-state index contributed by atoms with van der Waals surface area (Å²) in [5.41, 5.74) is 6.81. The maximum atomic E-state index is 11.7. The summed E-state index contributed by atoms with van der Waals surface area (Å²) in [5, 5.41) is 9.86. The first kappa shape index (κ1) is 13.3. The van der Waals surface area contributed by atoms with E-state index in [9.17, 15) is 4.79 Å². The number of rotatable bonds is 2. The number of benzene rings is 1. The van der Waals surface area contributed by atoms with Gasteiger partial charge in [0.25, 0.3) is 0 Å². The van der Waals surface area contributed by atoms with Crippen LogP contribution in [-0.4, -0.2) is 19.0 Å². The van der Waals surface area contributed by atoms with Gasteiger partial charge in [-0.25, -0.2) is 4.79 Å². The predicted octanol–water partition coefficient (Wildman–Crippen LogP) is 1.94. The minimum absolute atomic E-state index is 0.381. The summed E-state index contributed by atoms with van der Waals surface area (Å²) in [7, 11) is 1.61. The average molecular weight is 255 g/mol. The maximum Gasteiger partial charge on any atom is 0.328 e. The van der Waals surface area contributed by atoms with Crippen molar-refractivity contribution in [3.05, 3.63) is 28.8 Å². The molecule has 0 spiro atoms. The SMILES string of the molecule is CCc1cc(Cl)ccc1N(C)C(=O)NC(=N)N. The van der Waals surface area contributed by atoms with Crippen LogP contribution in [0.2, 0.25) is 5.02 Å². The van der Waals surface area contributed by atoms with Crippen molar-refractivity contribution in [1.82, 2.24) is 5.32 Å². The Morgan fingerprint density at radius 3 is 2.76 bits per heavy atom. The van der Waals surface area contributed by atoms with Gasteiger partial charge in [-0.2, -0.15) is 0 Å². The first-order valence-corrected chi connectivity index (χ1v) is 5.50. The number of nitrogens with zero attached hydrogens (tertiary/aromatic N) is 1. The molecule has 0 atom stereocenters. The Labute approximate surface area is 105 Å². The fourth-order valence-electron chi connectivity index (χ4n) is 1.47. The van der Waals surface area contributed by atoms with Crippen LogP contribution in [-0.2, 0) is 6.42 Å². The van der Waals surface area contributed by atoms with Crippen LogP contribution in [0.3, 0.4) is 0 Å². The Bertz CT molecular complexity index is 447. The molecule has 4 N–H and O–H groups in total. The van der Waals surface area contributed by atoms with E-state index in [1.807, 2.05) is 13.0 Å². The number of urea groups is 1. The zero-order valence-corrected chi connectivity index (χ0v) is 10.5. The predicted molar refractivity (Wildman–Crippen MR) is 69.7 cm³/mol. The van der Waals surface area contributed by atoms with Crippen molar-refractivity contribution in [2.24, 2.45) is 5.73 Å². The van der Waals surface area contributed by atoms with E-state index in [4.69, 9.17) is 22.7 Å². The zero-order valence-electron chi connectivity index (χ0n) is 9.75. The van der Waals surface area contributed by atoms with Crippen molar-refractivity contribution in [1.29, 1.82) is 5.41 Å². The molecule has 0 aliphatic carbocycles. The second kappa shape index (κ2) is 5.54. The lowest BCUT2D eigenvalue weighted by atomic mass is 10.1. The molecule has 0 aliphatic heterocycles. The van der Waals surface area contributed by atoms with E-state index >= 15 is 0 Å². The van der Waals surface area contributed by atoms with E-state index in [1.54, 1.807) is 19.2 Å². The highest BCUT2D eigenvalue weighted by Crippen LogP contribution is 2.24. The molecule has 0 saturated heterocycles. The molecule has 2 amide bonds. The third-order valence-electron chi connectivity index (χ3n) is 2.33. The van der Waals surface area contributed by atoms with Crippen LogP contribution in [0.5, 0.6) is 0 Å². The van der Waals surface area contributed by atoms with Crippen LogP contribution in [0, 0.1) is 5.41 Å². The van der Waals surface area contributed by atoms with Gasteiger partial charge >= 0.3 is 6.03 Å². The average Bonchev–Trinajstić information content (AvgIpc) is 2.27. The number of aryl methyl sites for hydroxylation is 1. The molecule has 0 saturated carbocycles. The van der Waals surface area contributed by atoms with Gasteiger partial charge in [-0.05, 0) is 30.2 Å². The topological polar surface area (TPSA) is 82.2 Å². The standard InChI is InChI=1S/C11H15ClN4O/c1-3-7-6-8(12)4-5-9(7)16(2)11(17)15-10(13)14/h4-6H,3H2,1-2H3,(H4,13,14,15,17). The molecule has 6 heteroatoms. The Balaban J connectivity index is 2.99. The van der Waals surface area contributed by atoms with Gasteiger partial charge in [-0.1, -0.05) is 18.5 Å². The van der Waals surface area contributed by atoms with Crippen molar-refractivity contribution < 1.29 is 4.79 Å². The van der Waals surface area contributed by atoms with Crippen LogP contribution in [0.25, 0.3) is 0 Å². The van der Waals surface area contributed by atoms with Crippen LogP contribution in [0.1, 0.15) is 12.5 Å². The maximum absolute atomic E-state index is 11.7. The lowest BCUT2D eigenvalue weighted by Gasteiger charge is -2.20. The molecule has 1 aromatic carbocycles. The molecular formula is C11H15ClN4O. The van der Waals surface area contributed by atoms with Crippen molar-refractivity contribution in [2.75, 3.05) is 11.9 Å². The summed E-state index contributed by atoms with van der Waals surface area (Å²) in [6.45, 7) is 1.98. The van der Waals surface area contributed by atoms with Crippen molar-refractivity contribution in [2.45, 2.75) is 13.3 Å². The Morgan fingerprint density at radius 2 is 2.24 bits per heavy atom. The van der Waals surface area contributed by atoms with Crippen LogP contribution in [0.4, 0.5) is 10.5 Å². The summed E-state index contributed by atoms with van der Waals surface area (Å²) in [5.74, 6) is -0.381. The number of guanidine groups is 1. The van der Waals surface area contributed by atoms with E-state index in [-0.39, 0.29) is 5.96 Å². The molecule has 92 valence electrons. The molecule has 0 radical (unpaired) electrons. The highest BCUT2D eigenvalue weighted by atomic mass is 35.5. The number of anilines is 1. The number of nitrogens with two attached hydrogens (primary N) is 1. The quantitative estimate of drug-likeness (QED) is 0.557. The highest BCUT2D eigenvalue weighted by molar-refractivity contribution is 6.30. The van der Waals surface area contributed by atoms with E-state index in [2.05, 4.69) is 5.32 Å². The van der Waals surface area contributed by atoms with Crippen molar-refractivity contribution in [3.63, 3.8) is 0 Å². The van der Waals surface area contributed by atoms with E-state index in [1.165, 1.54) is 4.90 Å². The fourth-order valence-corrected chi connectivity index (χ4v) is 1.67. The third-order valence-corrected chi connectivity index (χ3v) is 2.57. The lowest BCUT2D eigenvalue weighted by Crippen LogP contribution is -2.44. The van der Waals surface area contributed by atoms with Gasteiger partial charge in [0.05, 0.1) is 0 Å². The Morgan fingerprint density at radius 1 is 1.59 bits per heavy atom. The molecule has 0 aromatic heterocycles. The molecule has 0 fully saturated rings. The van der Waals surface area contributed by atoms with Crippen molar-refractivity contribution in [3.8, 4) is 0 Å². The molecule has 17 heavy (non-hydrogen) atoms. The molecule has 0 heterocycles. The van der Waals surface area contributed by atoms with Crippen molar-refractivity contribution >= 4 is 29.3 Å². The van der Waals surface area contributed by atoms with E-state index in [0.717, 1.165) is 17.7 Å². The van der Waals surface area contributed by atoms with Gasteiger partial charge in [0.15, 0.2) is 5.96 Å². The molecule has 0 bridgehead atoms. The second-order valence-electron chi connectivity index (χ2n) is 3.53. The number of amides is 2. The summed E-state index contributed by atoms with van der Waals surface area (Å²) in [4.78, 5) is 13.1. The number of hydrogen-bond donors (Lipinski definition) is 3. The summed E-state index contributed by atoms with van der Waals surface area (Å²) < 4.78 is 0. The molecular weight excluding hydrogens is 240 g/mol. The van der Waals surface area contributed by atoms with Gasteiger partial charge in [0.2, 0.25) is 0 Å². The smallest absolute Gasteiger partial charge is 0.328 e. The van der Waals surface area contributed by atoms with Gasteiger partial charge in [0.1, 0.15) is 0 Å². The van der Waals surface area contributed by atoms with Crippen LogP contribution in [0.15, 0.2) is 18.2 Å². The zero-order chi connectivity index (χ0) is 13.0. The molecule has 0 unspecified atom stereocenters.